The van der Waals surface area contributed by atoms with E-state index in [-0.39, 0.29) is 0 Å². The fraction of sp³-hybridized carbons (Fsp3) is 0.486. The van der Waals surface area contributed by atoms with Crippen molar-refractivity contribution in [2.45, 2.75) is 96.3 Å². The Balaban J connectivity index is 1.54. The average molecular weight is 495 g/mol. The molecule has 36 heavy (non-hydrogen) atoms. The van der Waals surface area contributed by atoms with E-state index in [4.69, 9.17) is 0 Å². The largest absolute Gasteiger partial charge is 0.0684 e. The van der Waals surface area contributed by atoms with Crippen molar-refractivity contribution < 1.29 is 0 Å². The van der Waals surface area contributed by atoms with Gasteiger partial charge < -0.3 is 0 Å². The quantitative estimate of drug-likeness (QED) is 0.273. The Morgan fingerprint density at radius 2 is 1.36 bits per heavy atom. The molecule has 0 radical (unpaired) electrons. The standard InChI is InChI=1S/C35H46Si/c1-7-9-15-26(8-2)28-18-13-20-30-32(28)22-24(3)34(30)36(5,6)35-25(4)23-33-29(19-14-21-31(33)35)27-16-11-10-12-17-27/h10-14,16-21,24-26,34-35H,7-9,15,22-23H2,1-6H3. The van der Waals surface area contributed by atoms with Crippen molar-refractivity contribution in [3.8, 4) is 11.1 Å². The predicted octanol–water partition coefficient (Wildman–Crippen LogP) is 10.1. The minimum absolute atomic E-state index is 0.721. The SMILES string of the molecule is CCCCC(CC)c1cccc2c1CC(C)C2[Si](C)(C)C1c2cccc(-c3ccccc3)c2CC1C. The Hall–Kier alpha value is -2.12. The van der Waals surface area contributed by atoms with Crippen molar-refractivity contribution in [2.75, 3.05) is 0 Å². The van der Waals surface area contributed by atoms with Crippen molar-refractivity contribution in [1.82, 2.24) is 0 Å². The first-order valence-electron chi connectivity index (χ1n) is 14.7. The van der Waals surface area contributed by atoms with Crippen LogP contribution < -0.4 is 0 Å². The van der Waals surface area contributed by atoms with Crippen LogP contribution in [0.15, 0.2) is 66.7 Å². The summed E-state index contributed by atoms with van der Waals surface area (Å²) >= 11 is 0. The molecular weight excluding hydrogens is 448 g/mol. The van der Waals surface area contributed by atoms with E-state index in [9.17, 15) is 0 Å². The van der Waals surface area contributed by atoms with Gasteiger partial charge in [0.1, 0.15) is 0 Å². The molecule has 2 aliphatic rings. The maximum absolute atomic E-state index is 2.73. The molecule has 5 rings (SSSR count). The van der Waals surface area contributed by atoms with Gasteiger partial charge in [0, 0.05) is 0 Å². The summed E-state index contributed by atoms with van der Waals surface area (Å²) in [4.78, 5) is 0. The van der Waals surface area contributed by atoms with Crippen molar-refractivity contribution in [1.29, 1.82) is 0 Å². The van der Waals surface area contributed by atoms with Crippen LogP contribution in [0.1, 0.15) is 98.2 Å². The molecule has 1 heteroatoms. The minimum Gasteiger partial charge on any atom is -0.0684 e. The van der Waals surface area contributed by atoms with Gasteiger partial charge in [-0.2, -0.15) is 0 Å². The van der Waals surface area contributed by atoms with E-state index < -0.39 is 8.07 Å². The first-order chi connectivity index (χ1) is 17.4. The van der Waals surface area contributed by atoms with Crippen LogP contribution in [0.4, 0.5) is 0 Å². The van der Waals surface area contributed by atoms with Gasteiger partial charge in [-0.25, -0.2) is 0 Å². The summed E-state index contributed by atoms with van der Waals surface area (Å²) < 4.78 is 0. The van der Waals surface area contributed by atoms with E-state index in [0.717, 1.165) is 28.8 Å². The van der Waals surface area contributed by atoms with Crippen LogP contribution in [0.5, 0.6) is 0 Å². The highest BCUT2D eigenvalue weighted by atomic mass is 28.3. The minimum atomic E-state index is -1.68. The number of rotatable bonds is 8. The molecule has 0 heterocycles. The molecule has 0 spiro atoms. The lowest BCUT2D eigenvalue weighted by molar-refractivity contribution is 0.540. The van der Waals surface area contributed by atoms with Crippen LogP contribution in [0.25, 0.3) is 11.1 Å². The first-order valence-corrected chi connectivity index (χ1v) is 17.8. The Labute approximate surface area is 221 Å². The molecule has 0 saturated heterocycles. The fourth-order valence-electron chi connectivity index (χ4n) is 8.53. The van der Waals surface area contributed by atoms with Crippen LogP contribution in [0, 0.1) is 11.8 Å². The smallest absolute Gasteiger partial charge is 0.0634 e. The van der Waals surface area contributed by atoms with E-state index >= 15 is 0 Å². The number of hydrogen-bond donors (Lipinski definition) is 0. The molecule has 5 unspecified atom stereocenters. The van der Waals surface area contributed by atoms with Gasteiger partial charge in [0.15, 0.2) is 0 Å². The molecule has 3 aromatic carbocycles. The zero-order valence-corrected chi connectivity index (χ0v) is 24.5. The zero-order chi connectivity index (χ0) is 25.4. The molecule has 0 amide bonds. The second kappa shape index (κ2) is 10.3. The molecule has 0 N–H and O–H groups in total. The number of benzene rings is 3. The van der Waals surface area contributed by atoms with Crippen LogP contribution >= 0.6 is 0 Å². The lowest BCUT2D eigenvalue weighted by Gasteiger charge is -2.41. The normalized spacial score (nSPS) is 23.9. The molecule has 0 fully saturated rings. The summed E-state index contributed by atoms with van der Waals surface area (Å²) in [5, 5.41) is 0. The van der Waals surface area contributed by atoms with Gasteiger partial charge in [-0.15, -0.1) is 0 Å². The Kier molecular flexibility index (Phi) is 7.32. The van der Waals surface area contributed by atoms with Gasteiger partial charge in [0.25, 0.3) is 0 Å². The van der Waals surface area contributed by atoms with Crippen molar-refractivity contribution in [3.63, 3.8) is 0 Å². The third-order valence-electron chi connectivity index (χ3n) is 9.85. The molecule has 3 aromatic rings. The number of unbranched alkanes of at least 4 members (excludes halogenated alkanes) is 1. The van der Waals surface area contributed by atoms with Crippen molar-refractivity contribution in [3.05, 3.63) is 94.5 Å². The molecule has 190 valence electrons. The average Bonchev–Trinajstić information content (AvgIpc) is 3.41. The maximum Gasteiger partial charge on any atom is 0.0634 e. The number of fused-ring (bicyclic) bond motifs is 2. The van der Waals surface area contributed by atoms with E-state index in [2.05, 4.69) is 108 Å². The van der Waals surface area contributed by atoms with Gasteiger partial charge in [-0.05, 0) is 93.5 Å². The molecule has 2 aliphatic carbocycles. The topological polar surface area (TPSA) is 0 Å². The molecule has 5 atom stereocenters. The van der Waals surface area contributed by atoms with Crippen LogP contribution in [-0.4, -0.2) is 8.07 Å². The summed E-state index contributed by atoms with van der Waals surface area (Å²) in [6.07, 6.45) is 7.78. The van der Waals surface area contributed by atoms with Gasteiger partial charge in [0.2, 0.25) is 0 Å². The summed E-state index contributed by atoms with van der Waals surface area (Å²) in [5.74, 6) is 2.20. The molecule has 0 bridgehead atoms. The van der Waals surface area contributed by atoms with Crippen LogP contribution in [-0.2, 0) is 12.8 Å². The lowest BCUT2D eigenvalue weighted by Crippen LogP contribution is -2.45. The molecular formula is C35H46Si. The second-order valence-corrected chi connectivity index (χ2v) is 17.4. The molecule has 0 aliphatic heterocycles. The molecule has 0 nitrogen and oxygen atoms in total. The Bertz CT molecular complexity index is 1190. The highest BCUT2D eigenvalue weighted by Gasteiger charge is 2.51. The molecule has 0 aromatic heterocycles. The summed E-state index contributed by atoms with van der Waals surface area (Å²) in [6, 6.07) is 25.7. The third kappa shape index (κ3) is 4.32. The van der Waals surface area contributed by atoms with E-state index in [0.29, 0.717) is 0 Å². The van der Waals surface area contributed by atoms with E-state index in [1.54, 1.807) is 27.8 Å². The Morgan fingerprint density at radius 1 is 0.750 bits per heavy atom. The lowest BCUT2D eigenvalue weighted by atomic mass is 9.86. The number of hydrogen-bond acceptors (Lipinski definition) is 0. The van der Waals surface area contributed by atoms with Gasteiger partial charge >= 0.3 is 0 Å². The summed E-state index contributed by atoms with van der Waals surface area (Å²) in [5.41, 5.74) is 12.8. The van der Waals surface area contributed by atoms with Crippen LogP contribution in [0.3, 0.4) is 0 Å². The van der Waals surface area contributed by atoms with Gasteiger partial charge in [-0.1, -0.05) is 120 Å². The second-order valence-electron chi connectivity index (χ2n) is 12.5. The zero-order valence-electron chi connectivity index (χ0n) is 23.5. The maximum atomic E-state index is 2.73. The monoisotopic (exact) mass is 494 g/mol. The third-order valence-corrected chi connectivity index (χ3v) is 14.8. The van der Waals surface area contributed by atoms with Crippen molar-refractivity contribution in [2.24, 2.45) is 11.8 Å². The first kappa shape index (κ1) is 25.5. The fourth-order valence-corrected chi connectivity index (χ4v) is 14.2. The van der Waals surface area contributed by atoms with Gasteiger partial charge in [0.05, 0.1) is 8.07 Å². The van der Waals surface area contributed by atoms with E-state index in [1.165, 1.54) is 49.7 Å². The molecule has 0 saturated carbocycles. The predicted molar refractivity (Wildman–Crippen MR) is 160 cm³/mol. The highest BCUT2D eigenvalue weighted by Crippen LogP contribution is 2.55. The van der Waals surface area contributed by atoms with Crippen LogP contribution in [0.2, 0.25) is 13.1 Å². The summed E-state index contributed by atoms with van der Waals surface area (Å²) in [6.45, 7) is 15.3. The Morgan fingerprint density at radius 3 is 2.00 bits per heavy atom. The van der Waals surface area contributed by atoms with E-state index in [1.807, 2.05) is 0 Å². The van der Waals surface area contributed by atoms with Gasteiger partial charge in [-0.3, -0.25) is 0 Å². The van der Waals surface area contributed by atoms with Crippen molar-refractivity contribution >= 4 is 8.07 Å². The summed E-state index contributed by atoms with van der Waals surface area (Å²) in [7, 11) is -1.68. The highest BCUT2D eigenvalue weighted by molar-refractivity contribution is 6.80.